The first-order chi connectivity index (χ1) is 7.27. The van der Waals surface area contributed by atoms with Crippen molar-refractivity contribution in [2.45, 2.75) is 25.3 Å². The molecule has 1 unspecified atom stereocenters. The monoisotopic (exact) mass is 210 g/mol. The lowest BCUT2D eigenvalue weighted by Gasteiger charge is -2.24. The Kier molecular flexibility index (Phi) is 3.01. The van der Waals surface area contributed by atoms with Gasteiger partial charge in [0.1, 0.15) is 12.2 Å². The van der Waals surface area contributed by atoms with E-state index >= 15 is 0 Å². The molecule has 0 aromatic carbocycles. The third kappa shape index (κ3) is 2.36. The Morgan fingerprint density at radius 1 is 1.73 bits per heavy atom. The summed E-state index contributed by atoms with van der Waals surface area (Å²) in [7, 11) is 0. The molecule has 0 aliphatic carbocycles. The Hall–Kier alpha value is -1.36. The minimum absolute atomic E-state index is 0.0243. The number of hydrogen-bond donors (Lipinski definition) is 1. The first-order valence-corrected chi connectivity index (χ1v) is 5.08. The molecule has 1 atom stereocenters. The van der Waals surface area contributed by atoms with E-state index in [1.54, 1.807) is 6.20 Å². The SMILES string of the molecule is O=C(O)Cc1nccn1C1CCCOC1. The third-order valence-electron chi connectivity index (χ3n) is 2.59. The average Bonchev–Trinajstić information content (AvgIpc) is 2.66. The zero-order chi connectivity index (χ0) is 10.7. The summed E-state index contributed by atoms with van der Waals surface area (Å²) in [5.41, 5.74) is 0. The number of imidazole rings is 1. The van der Waals surface area contributed by atoms with Crippen LogP contribution in [0.4, 0.5) is 0 Å². The van der Waals surface area contributed by atoms with Crippen molar-refractivity contribution in [3.8, 4) is 0 Å². The molecule has 1 aliphatic rings. The van der Waals surface area contributed by atoms with Gasteiger partial charge in [0.15, 0.2) is 0 Å². The van der Waals surface area contributed by atoms with Crippen LogP contribution in [0.15, 0.2) is 12.4 Å². The van der Waals surface area contributed by atoms with Gasteiger partial charge in [-0.25, -0.2) is 4.98 Å². The van der Waals surface area contributed by atoms with Crippen molar-refractivity contribution in [3.05, 3.63) is 18.2 Å². The Bertz CT molecular complexity index is 342. The quantitative estimate of drug-likeness (QED) is 0.803. The number of rotatable bonds is 3. The van der Waals surface area contributed by atoms with Crippen molar-refractivity contribution < 1.29 is 14.6 Å². The Morgan fingerprint density at radius 3 is 3.27 bits per heavy atom. The van der Waals surface area contributed by atoms with Crippen LogP contribution in [0.2, 0.25) is 0 Å². The van der Waals surface area contributed by atoms with E-state index < -0.39 is 5.97 Å². The molecule has 1 saturated heterocycles. The lowest BCUT2D eigenvalue weighted by atomic mass is 10.1. The van der Waals surface area contributed by atoms with E-state index in [2.05, 4.69) is 4.98 Å². The molecule has 1 fully saturated rings. The lowest BCUT2D eigenvalue weighted by Crippen LogP contribution is -2.23. The van der Waals surface area contributed by atoms with Crippen LogP contribution in [-0.2, 0) is 16.0 Å². The molecule has 0 bridgehead atoms. The third-order valence-corrected chi connectivity index (χ3v) is 2.59. The van der Waals surface area contributed by atoms with Gasteiger partial charge in [0.25, 0.3) is 0 Å². The minimum atomic E-state index is -0.848. The molecule has 1 aromatic rings. The van der Waals surface area contributed by atoms with Crippen LogP contribution >= 0.6 is 0 Å². The van der Waals surface area contributed by atoms with Crippen molar-refractivity contribution >= 4 is 5.97 Å². The minimum Gasteiger partial charge on any atom is -0.481 e. The number of carbonyl (C=O) groups is 1. The summed E-state index contributed by atoms with van der Waals surface area (Å²) in [6.07, 6.45) is 5.51. The van der Waals surface area contributed by atoms with E-state index in [4.69, 9.17) is 9.84 Å². The first kappa shape index (κ1) is 10.2. The summed E-state index contributed by atoms with van der Waals surface area (Å²) >= 11 is 0. The molecule has 2 rings (SSSR count). The Morgan fingerprint density at radius 2 is 2.60 bits per heavy atom. The largest absolute Gasteiger partial charge is 0.481 e. The van der Waals surface area contributed by atoms with E-state index in [1.807, 2.05) is 10.8 Å². The highest BCUT2D eigenvalue weighted by Crippen LogP contribution is 2.20. The summed E-state index contributed by atoms with van der Waals surface area (Å²) in [6, 6.07) is 0.246. The summed E-state index contributed by atoms with van der Waals surface area (Å²) in [6.45, 7) is 1.46. The standard InChI is InChI=1S/C10H14N2O3/c13-10(14)6-9-11-3-4-12(9)8-2-1-5-15-7-8/h3-4,8H,1-2,5-7H2,(H,13,14). The van der Waals surface area contributed by atoms with Crippen molar-refractivity contribution in [1.82, 2.24) is 9.55 Å². The van der Waals surface area contributed by atoms with Gasteiger partial charge in [0.2, 0.25) is 0 Å². The molecular formula is C10H14N2O3. The molecular weight excluding hydrogens is 196 g/mol. The van der Waals surface area contributed by atoms with Crippen LogP contribution in [-0.4, -0.2) is 33.8 Å². The number of nitrogens with zero attached hydrogens (tertiary/aromatic N) is 2. The molecule has 0 spiro atoms. The van der Waals surface area contributed by atoms with Crippen molar-refractivity contribution in [3.63, 3.8) is 0 Å². The summed E-state index contributed by atoms with van der Waals surface area (Å²) in [5, 5.41) is 8.72. The van der Waals surface area contributed by atoms with Crippen LogP contribution in [0.25, 0.3) is 0 Å². The number of carboxylic acids is 1. The molecule has 0 saturated carbocycles. The van der Waals surface area contributed by atoms with E-state index in [9.17, 15) is 4.79 Å². The van der Waals surface area contributed by atoms with Gasteiger partial charge in [0.05, 0.1) is 12.6 Å². The number of carboxylic acid groups (broad SMARTS) is 1. The molecule has 2 heterocycles. The van der Waals surface area contributed by atoms with Crippen molar-refractivity contribution in [2.75, 3.05) is 13.2 Å². The highest BCUT2D eigenvalue weighted by Gasteiger charge is 2.19. The fourth-order valence-corrected chi connectivity index (χ4v) is 1.89. The summed E-state index contributed by atoms with van der Waals surface area (Å²) in [5.74, 6) is -0.239. The molecule has 5 nitrogen and oxygen atoms in total. The van der Waals surface area contributed by atoms with Crippen LogP contribution in [0.1, 0.15) is 24.7 Å². The van der Waals surface area contributed by atoms with Crippen LogP contribution in [0.5, 0.6) is 0 Å². The summed E-state index contributed by atoms with van der Waals surface area (Å²) in [4.78, 5) is 14.7. The van der Waals surface area contributed by atoms with E-state index in [-0.39, 0.29) is 12.5 Å². The highest BCUT2D eigenvalue weighted by atomic mass is 16.5. The van der Waals surface area contributed by atoms with Crippen LogP contribution < -0.4 is 0 Å². The molecule has 1 N–H and O–H groups in total. The normalized spacial score (nSPS) is 21.5. The number of ether oxygens (including phenoxy) is 1. The maximum absolute atomic E-state index is 10.6. The van der Waals surface area contributed by atoms with Gasteiger partial charge in [0, 0.05) is 19.0 Å². The van der Waals surface area contributed by atoms with Gasteiger partial charge in [-0.1, -0.05) is 0 Å². The molecule has 0 amide bonds. The van der Waals surface area contributed by atoms with E-state index in [0.717, 1.165) is 19.4 Å². The van der Waals surface area contributed by atoms with Crippen molar-refractivity contribution in [1.29, 1.82) is 0 Å². The fraction of sp³-hybridized carbons (Fsp3) is 0.600. The van der Waals surface area contributed by atoms with Gasteiger partial charge in [-0.2, -0.15) is 0 Å². The van der Waals surface area contributed by atoms with Crippen LogP contribution in [0.3, 0.4) is 0 Å². The predicted octanol–water partition coefficient (Wildman–Crippen LogP) is 0.862. The van der Waals surface area contributed by atoms with Crippen molar-refractivity contribution in [2.24, 2.45) is 0 Å². The topological polar surface area (TPSA) is 64.3 Å². The lowest BCUT2D eigenvalue weighted by molar-refractivity contribution is -0.136. The molecule has 15 heavy (non-hydrogen) atoms. The van der Waals surface area contributed by atoms with E-state index in [1.165, 1.54) is 0 Å². The maximum Gasteiger partial charge on any atom is 0.311 e. The number of hydrogen-bond acceptors (Lipinski definition) is 3. The number of aromatic nitrogens is 2. The van der Waals surface area contributed by atoms with Gasteiger partial charge >= 0.3 is 5.97 Å². The molecule has 1 aromatic heterocycles. The molecule has 0 radical (unpaired) electrons. The van der Waals surface area contributed by atoms with Crippen LogP contribution in [0, 0.1) is 0 Å². The second kappa shape index (κ2) is 4.44. The fourth-order valence-electron chi connectivity index (χ4n) is 1.89. The first-order valence-electron chi connectivity index (χ1n) is 5.08. The Balaban J connectivity index is 2.12. The second-order valence-electron chi connectivity index (χ2n) is 3.69. The summed E-state index contributed by atoms with van der Waals surface area (Å²) < 4.78 is 7.29. The maximum atomic E-state index is 10.6. The van der Waals surface area contributed by atoms with Gasteiger partial charge in [-0.3, -0.25) is 4.79 Å². The zero-order valence-electron chi connectivity index (χ0n) is 8.43. The highest BCUT2D eigenvalue weighted by molar-refractivity contribution is 5.69. The predicted molar refractivity (Wildman–Crippen MR) is 52.7 cm³/mol. The Labute approximate surface area is 87.7 Å². The molecule has 82 valence electrons. The smallest absolute Gasteiger partial charge is 0.311 e. The van der Waals surface area contributed by atoms with E-state index in [0.29, 0.717) is 12.4 Å². The second-order valence-corrected chi connectivity index (χ2v) is 3.69. The molecule has 5 heteroatoms. The van der Waals surface area contributed by atoms with Gasteiger partial charge < -0.3 is 14.4 Å². The van der Waals surface area contributed by atoms with Gasteiger partial charge in [-0.15, -0.1) is 0 Å². The zero-order valence-corrected chi connectivity index (χ0v) is 8.43. The molecule has 1 aliphatic heterocycles. The number of aliphatic carboxylic acids is 1. The average molecular weight is 210 g/mol. The van der Waals surface area contributed by atoms with Gasteiger partial charge in [-0.05, 0) is 12.8 Å².